The van der Waals surface area contributed by atoms with Crippen molar-refractivity contribution in [3.05, 3.63) is 54.1 Å². The average Bonchev–Trinajstić information content (AvgIpc) is 3.35. The van der Waals surface area contributed by atoms with Crippen molar-refractivity contribution in [1.29, 1.82) is 0 Å². The summed E-state index contributed by atoms with van der Waals surface area (Å²) in [5.41, 5.74) is 1.22. The lowest BCUT2D eigenvalue weighted by molar-refractivity contribution is -0.132. The zero-order valence-electron chi connectivity index (χ0n) is 20.6. The molecule has 2 aromatic rings. The number of aromatic nitrogens is 2. The molecule has 0 unspecified atom stereocenters. The summed E-state index contributed by atoms with van der Waals surface area (Å²) in [7, 11) is -3.20. The molecule has 0 spiro atoms. The second-order valence-electron chi connectivity index (χ2n) is 8.28. The number of nitrogens with one attached hydrogen (secondary N) is 4. The second-order valence-corrected chi connectivity index (χ2v) is 10.2. The van der Waals surface area contributed by atoms with Gasteiger partial charge in [0.15, 0.2) is 0 Å². The van der Waals surface area contributed by atoms with Crippen LogP contribution in [0.25, 0.3) is 0 Å². The third kappa shape index (κ3) is 10.0. The molecule has 15 heteroatoms. The fourth-order valence-electron chi connectivity index (χ4n) is 2.96. The van der Waals surface area contributed by atoms with Crippen LogP contribution in [-0.4, -0.2) is 79.9 Å². The van der Waals surface area contributed by atoms with Gasteiger partial charge in [-0.1, -0.05) is 30.3 Å². The third-order valence-corrected chi connectivity index (χ3v) is 6.26. The van der Waals surface area contributed by atoms with Gasteiger partial charge in [0.2, 0.25) is 17.7 Å². The zero-order chi connectivity index (χ0) is 27.6. The molecule has 0 saturated carbocycles. The van der Waals surface area contributed by atoms with E-state index >= 15 is 0 Å². The van der Waals surface area contributed by atoms with E-state index in [9.17, 15) is 23.7 Å². The molecule has 0 aliphatic carbocycles. The minimum atomic E-state index is -4.56. The number of benzene rings is 1. The molecule has 37 heavy (non-hydrogen) atoms. The lowest BCUT2D eigenvalue weighted by atomic mass is 10.1. The van der Waals surface area contributed by atoms with Crippen LogP contribution in [0, 0.1) is 0 Å². The molecule has 4 amide bonds. The number of nitrogens with zero attached hydrogens (tertiary/aromatic N) is 2. The van der Waals surface area contributed by atoms with E-state index in [1.165, 1.54) is 26.5 Å². The first kappa shape index (κ1) is 29.5. The Labute approximate surface area is 213 Å². The molecule has 0 radical (unpaired) electrons. The van der Waals surface area contributed by atoms with Crippen molar-refractivity contribution < 1.29 is 38.3 Å². The molecule has 0 saturated heterocycles. The first-order valence-electron chi connectivity index (χ1n) is 11.2. The van der Waals surface area contributed by atoms with Gasteiger partial charge in [0.05, 0.1) is 12.0 Å². The minimum absolute atomic E-state index is 0.0242. The van der Waals surface area contributed by atoms with Crippen LogP contribution in [0.4, 0.5) is 4.79 Å². The number of rotatable bonds is 12. The summed E-state index contributed by atoms with van der Waals surface area (Å²) in [5, 5.41) is 7.05. The van der Waals surface area contributed by atoms with Crippen molar-refractivity contribution in [1.82, 2.24) is 30.8 Å². The maximum atomic E-state index is 12.9. The van der Waals surface area contributed by atoms with Crippen molar-refractivity contribution in [2.45, 2.75) is 44.7 Å². The SMILES string of the molecule is C[C@H](NC(=O)[C@H](Cc1c[nH]cn1)NC(=O)CN(C)C(=O)OCc1ccccc1)C(=O)N[C@@H](C)P(=O)(O)O. The zero-order valence-corrected chi connectivity index (χ0v) is 21.5. The Morgan fingerprint density at radius 2 is 1.76 bits per heavy atom. The molecule has 1 aromatic carbocycles. The highest BCUT2D eigenvalue weighted by Crippen LogP contribution is 2.39. The number of aromatic amines is 1. The van der Waals surface area contributed by atoms with Gasteiger partial charge in [-0.25, -0.2) is 9.78 Å². The van der Waals surface area contributed by atoms with E-state index in [2.05, 4.69) is 25.9 Å². The average molecular weight is 538 g/mol. The van der Waals surface area contributed by atoms with Gasteiger partial charge in [-0.05, 0) is 19.4 Å². The van der Waals surface area contributed by atoms with Crippen molar-refractivity contribution in [2.75, 3.05) is 13.6 Å². The topological polar surface area (TPSA) is 203 Å². The van der Waals surface area contributed by atoms with E-state index < -0.39 is 55.8 Å². The normalized spacial score (nSPS) is 13.5. The standard InChI is InChI=1S/C22H31N6O8P/c1-14(20(30)26-15(2)37(33,34)35)25-21(31)18(9-17-10-23-13-24-17)27-19(29)11-28(3)22(32)36-12-16-7-5-4-6-8-16/h4-8,10,13-15,18H,9,11-12H2,1-3H3,(H,23,24)(H,25,31)(H,26,30)(H,27,29)(H2,33,34,35)/t14-,15+,18-/m0/s1. The number of H-pyrrole nitrogens is 1. The van der Waals surface area contributed by atoms with Gasteiger partial charge in [-0.3, -0.25) is 18.9 Å². The molecule has 3 atom stereocenters. The fourth-order valence-corrected chi connectivity index (χ4v) is 3.26. The van der Waals surface area contributed by atoms with E-state index in [-0.39, 0.29) is 13.0 Å². The summed E-state index contributed by atoms with van der Waals surface area (Å²) in [6, 6.07) is 6.66. The maximum absolute atomic E-state index is 12.9. The quantitative estimate of drug-likeness (QED) is 0.199. The Kier molecular flexibility index (Phi) is 10.8. The van der Waals surface area contributed by atoms with E-state index in [0.717, 1.165) is 17.4 Å². The van der Waals surface area contributed by atoms with Crippen LogP contribution in [0.15, 0.2) is 42.9 Å². The van der Waals surface area contributed by atoms with E-state index in [4.69, 9.17) is 14.5 Å². The maximum Gasteiger partial charge on any atom is 0.410 e. The van der Waals surface area contributed by atoms with E-state index in [1.54, 1.807) is 24.3 Å². The van der Waals surface area contributed by atoms with Crippen LogP contribution < -0.4 is 16.0 Å². The first-order chi connectivity index (χ1) is 17.4. The van der Waals surface area contributed by atoms with Crippen molar-refractivity contribution in [3.8, 4) is 0 Å². The Morgan fingerprint density at radius 3 is 2.35 bits per heavy atom. The van der Waals surface area contributed by atoms with Crippen LogP contribution >= 0.6 is 7.60 Å². The molecule has 0 fully saturated rings. The molecule has 202 valence electrons. The third-order valence-electron chi connectivity index (χ3n) is 5.13. The molecule has 0 aliphatic rings. The van der Waals surface area contributed by atoms with Crippen LogP contribution in [0.5, 0.6) is 0 Å². The smallest absolute Gasteiger partial charge is 0.410 e. The molecule has 14 nitrogen and oxygen atoms in total. The number of amides is 4. The van der Waals surface area contributed by atoms with Gasteiger partial charge in [0.25, 0.3) is 0 Å². The van der Waals surface area contributed by atoms with Crippen LogP contribution in [0.1, 0.15) is 25.1 Å². The Morgan fingerprint density at radius 1 is 1.08 bits per heavy atom. The van der Waals surface area contributed by atoms with Crippen LogP contribution in [-0.2, 0) is 36.7 Å². The van der Waals surface area contributed by atoms with Gasteiger partial charge in [0.1, 0.15) is 31.0 Å². The number of carbonyl (C=O) groups is 4. The minimum Gasteiger partial charge on any atom is -0.445 e. The van der Waals surface area contributed by atoms with E-state index in [0.29, 0.717) is 5.69 Å². The van der Waals surface area contributed by atoms with Gasteiger partial charge >= 0.3 is 13.7 Å². The highest BCUT2D eigenvalue weighted by atomic mass is 31.2. The van der Waals surface area contributed by atoms with Crippen molar-refractivity contribution >= 4 is 31.4 Å². The van der Waals surface area contributed by atoms with Gasteiger partial charge in [0, 0.05) is 19.7 Å². The number of hydrogen-bond donors (Lipinski definition) is 6. The largest absolute Gasteiger partial charge is 0.445 e. The predicted molar refractivity (Wildman–Crippen MR) is 131 cm³/mol. The highest BCUT2D eigenvalue weighted by Gasteiger charge is 2.30. The lowest BCUT2D eigenvalue weighted by Crippen LogP contribution is -2.55. The molecule has 1 heterocycles. The predicted octanol–water partition coefficient (Wildman–Crippen LogP) is -0.150. The molecule has 6 N–H and O–H groups in total. The molecular formula is C22H31N6O8P. The molecule has 1 aromatic heterocycles. The van der Waals surface area contributed by atoms with E-state index in [1.807, 2.05) is 6.07 Å². The molecular weight excluding hydrogens is 507 g/mol. The number of hydrogen-bond acceptors (Lipinski definition) is 7. The van der Waals surface area contributed by atoms with Gasteiger partial charge in [-0.2, -0.15) is 0 Å². The van der Waals surface area contributed by atoms with Gasteiger partial charge in [-0.15, -0.1) is 0 Å². The first-order valence-corrected chi connectivity index (χ1v) is 12.9. The molecule has 0 bridgehead atoms. The summed E-state index contributed by atoms with van der Waals surface area (Å²) in [6.07, 6.45) is 2.15. The Balaban J connectivity index is 1.96. The lowest BCUT2D eigenvalue weighted by Gasteiger charge is -2.23. The Bertz CT molecular complexity index is 1110. The van der Waals surface area contributed by atoms with Crippen LogP contribution in [0.2, 0.25) is 0 Å². The number of carbonyl (C=O) groups excluding carboxylic acids is 4. The fraction of sp³-hybridized carbons (Fsp3) is 0.409. The van der Waals surface area contributed by atoms with Crippen molar-refractivity contribution in [2.24, 2.45) is 0 Å². The number of ether oxygens (including phenoxy) is 1. The highest BCUT2D eigenvalue weighted by molar-refractivity contribution is 7.52. The summed E-state index contributed by atoms with van der Waals surface area (Å²) in [5.74, 6) is -3.68. The van der Waals surface area contributed by atoms with Crippen LogP contribution in [0.3, 0.4) is 0 Å². The number of imidazole rings is 1. The second kappa shape index (κ2) is 13.5. The summed E-state index contributed by atoms with van der Waals surface area (Å²) < 4.78 is 16.4. The van der Waals surface area contributed by atoms with Gasteiger partial charge < -0.3 is 40.4 Å². The molecule has 0 aliphatic heterocycles. The van der Waals surface area contributed by atoms with Crippen molar-refractivity contribution in [3.63, 3.8) is 0 Å². The summed E-state index contributed by atoms with van der Waals surface area (Å²) >= 11 is 0. The summed E-state index contributed by atoms with van der Waals surface area (Å²) in [6.45, 7) is 2.07. The summed E-state index contributed by atoms with van der Waals surface area (Å²) in [4.78, 5) is 76.1. The number of likely N-dealkylation sites (N-methyl/N-ethyl adjacent to an activating group) is 1. The molecule has 2 rings (SSSR count). The Hall–Kier alpha value is -3.74. The monoisotopic (exact) mass is 538 g/mol.